The van der Waals surface area contributed by atoms with Crippen molar-refractivity contribution in [2.75, 3.05) is 19.3 Å². The highest BCUT2D eigenvalue weighted by atomic mass is 32.2. The Morgan fingerprint density at radius 2 is 2.05 bits per heavy atom. The van der Waals surface area contributed by atoms with Crippen LogP contribution in [0.15, 0.2) is 24.3 Å². The number of aliphatic carboxylic acids is 1. The van der Waals surface area contributed by atoms with Gasteiger partial charge in [0.1, 0.15) is 0 Å². The number of nitrogens with zero attached hydrogens (tertiary/aromatic N) is 1. The molecule has 1 aliphatic heterocycles. The molecule has 5 heteroatoms. The summed E-state index contributed by atoms with van der Waals surface area (Å²) in [6.07, 6.45) is 3.82. The molecule has 2 rings (SSSR count). The Bertz CT molecular complexity index is 510. The molecule has 1 aliphatic rings. The van der Waals surface area contributed by atoms with Crippen molar-refractivity contribution in [3.63, 3.8) is 0 Å². The summed E-state index contributed by atoms with van der Waals surface area (Å²) < 4.78 is 0. The van der Waals surface area contributed by atoms with Gasteiger partial charge in [-0.1, -0.05) is 12.1 Å². The van der Waals surface area contributed by atoms with E-state index in [2.05, 4.69) is 0 Å². The summed E-state index contributed by atoms with van der Waals surface area (Å²) in [5, 5.41) is 8.82. The molecule has 0 unspecified atom stereocenters. The zero-order valence-corrected chi connectivity index (χ0v) is 13.1. The minimum absolute atomic E-state index is 0.0618. The average Bonchev–Trinajstić information content (AvgIpc) is 2.47. The number of hydrogen-bond acceptors (Lipinski definition) is 3. The molecule has 4 nitrogen and oxygen atoms in total. The van der Waals surface area contributed by atoms with Crippen LogP contribution in [-0.4, -0.2) is 41.2 Å². The maximum absolute atomic E-state index is 12.5. The quantitative estimate of drug-likeness (QED) is 0.909. The molecule has 1 heterocycles. The van der Waals surface area contributed by atoms with Gasteiger partial charge in [-0.05, 0) is 42.7 Å². The van der Waals surface area contributed by atoms with Crippen molar-refractivity contribution in [2.24, 2.45) is 5.92 Å². The third kappa shape index (κ3) is 4.49. The first kappa shape index (κ1) is 15.9. The van der Waals surface area contributed by atoms with E-state index in [0.717, 1.165) is 29.7 Å². The van der Waals surface area contributed by atoms with Crippen molar-refractivity contribution in [1.82, 2.24) is 4.90 Å². The van der Waals surface area contributed by atoms with Crippen LogP contribution in [0, 0.1) is 5.92 Å². The van der Waals surface area contributed by atoms with Crippen LogP contribution in [0.5, 0.6) is 0 Å². The van der Waals surface area contributed by atoms with Gasteiger partial charge >= 0.3 is 5.97 Å². The molecule has 0 radical (unpaired) electrons. The molecule has 0 saturated carbocycles. The molecule has 0 atom stereocenters. The van der Waals surface area contributed by atoms with E-state index in [9.17, 15) is 9.59 Å². The predicted molar refractivity (Wildman–Crippen MR) is 84.5 cm³/mol. The van der Waals surface area contributed by atoms with Gasteiger partial charge in [0.05, 0.1) is 0 Å². The average molecular weight is 307 g/mol. The van der Waals surface area contributed by atoms with Crippen molar-refractivity contribution < 1.29 is 14.7 Å². The standard InChI is InChI=1S/C16H21NO3S/c1-21-11-13-3-2-4-14(9-13)16(20)17-7-5-12(6-8-17)10-15(18)19/h2-4,9,12H,5-8,10-11H2,1H3,(H,18,19). The highest BCUT2D eigenvalue weighted by molar-refractivity contribution is 7.97. The van der Waals surface area contributed by atoms with Crippen LogP contribution >= 0.6 is 11.8 Å². The molecular weight excluding hydrogens is 286 g/mol. The number of piperidine rings is 1. The van der Waals surface area contributed by atoms with Gasteiger partial charge in [-0.3, -0.25) is 9.59 Å². The first-order valence-corrected chi connectivity index (χ1v) is 8.58. The number of likely N-dealkylation sites (tertiary alicyclic amines) is 1. The van der Waals surface area contributed by atoms with Crippen LogP contribution in [-0.2, 0) is 10.5 Å². The second-order valence-corrected chi connectivity index (χ2v) is 6.33. The summed E-state index contributed by atoms with van der Waals surface area (Å²) in [5.41, 5.74) is 1.90. The number of thioether (sulfide) groups is 1. The van der Waals surface area contributed by atoms with Crippen molar-refractivity contribution in [3.05, 3.63) is 35.4 Å². The van der Waals surface area contributed by atoms with E-state index >= 15 is 0 Å². The number of carboxylic acids is 1. The molecule has 114 valence electrons. The number of carboxylic acid groups (broad SMARTS) is 1. The molecule has 1 fully saturated rings. The Kier molecular flexibility index (Phi) is 5.67. The SMILES string of the molecule is CSCc1cccc(C(=O)N2CCC(CC(=O)O)CC2)c1. The van der Waals surface area contributed by atoms with Crippen LogP contribution in [0.1, 0.15) is 35.2 Å². The summed E-state index contributed by atoms with van der Waals surface area (Å²) >= 11 is 1.74. The van der Waals surface area contributed by atoms with Crippen LogP contribution in [0.2, 0.25) is 0 Å². The smallest absolute Gasteiger partial charge is 0.303 e. The van der Waals surface area contributed by atoms with Crippen molar-refractivity contribution in [1.29, 1.82) is 0 Å². The number of carbonyl (C=O) groups excluding carboxylic acids is 1. The largest absolute Gasteiger partial charge is 0.481 e. The maximum Gasteiger partial charge on any atom is 0.303 e. The van der Waals surface area contributed by atoms with Gasteiger partial charge in [0.2, 0.25) is 0 Å². The Morgan fingerprint density at radius 1 is 1.33 bits per heavy atom. The number of benzene rings is 1. The van der Waals surface area contributed by atoms with Crippen LogP contribution < -0.4 is 0 Å². The molecule has 0 aromatic heterocycles. The lowest BCUT2D eigenvalue weighted by Gasteiger charge is -2.31. The van der Waals surface area contributed by atoms with Gasteiger partial charge in [0, 0.05) is 30.8 Å². The first-order valence-electron chi connectivity index (χ1n) is 7.19. The van der Waals surface area contributed by atoms with Gasteiger partial charge in [-0.2, -0.15) is 11.8 Å². The fourth-order valence-corrected chi connectivity index (χ4v) is 3.24. The van der Waals surface area contributed by atoms with Crippen LogP contribution in [0.3, 0.4) is 0 Å². The lowest BCUT2D eigenvalue weighted by Crippen LogP contribution is -2.38. The molecule has 1 N–H and O–H groups in total. The summed E-state index contributed by atoms with van der Waals surface area (Å²) in [7, 11) is 0. The van der Waals surface area contributed by atoms with Gasteiger partial charge in [-0.15, -0.1) is 0 Å². The number of amides is 1. The maximum atomic E-state index is 12.5. The van der Waals surface area contributed by atoms with Crippen molar-refractivity contribution in [3.8, 4) is 0 Å². The first-order chi connectivity index (χ1) is 10.1. The second kappa shape index (κ2) is 7.50. The predicted octanol–water partition coefficient (Wildman–Crippen LogP) is 2.88. The Morgan fingerprint density at radius 3 is 2.67 bits per heavy atom. The third-order valence-corrected chi connectivity index (χ3v) is 4.47. The monoisotopic (exact) mass is 307 g/mol. The van der Waals surface area contributed by atoms with Gasteiger partial charge in [0.25, 0.3) is 5.91 Å². The van der Waals surface area contributed by atoms with Crippen LogP contribution in [0.4, 0.5) is 0 Å². The summed E-state index contributed by atoms with van der Waals surface area (Å²) in [6.45, 7) is 1.31. The molecule has 1 aromatic carbocycles. The third-order valence-electron chi connectivity index (χ3n) is 3.85. The normalized spacial score (nSPS) is 16.0. The topological polar surface area (TPSA) is 57.6 Å². The lowest BCUT2D eigenvalue weighted by molar-refractivity contribution is -0.138. The molecule has 0 aliphatic carbocycles. The Labute approximate surface area is 129 Å². The van der Waals surface area contributed by atoms with E-state index in [0.29, 0.717) is 13.1 Å². The van der Waals surface area contributed by atoms with Crippen LogP contribution in [0.25, 0.3) is 0 Å². The van der Waals surface area contributed by atoms with E-state index in [1.807, 2.05) is 35.4 Å². The number of rotatable bonds is 5. The van der Waals surface area contributed by atoms with Gasteiger partial charge < -0.3 is 10.0 Å². The van der Waals surface area contributed by atoms with E-state index < -0.39 is 5.97 Å². The van der Waals surface area contributed by atoms with E-state index in [1.54, 1.807) is 11.8 Å². The minimum atomic E-state index is -0.746. The van der Waals surface area contributed by atoms with Crippen molar-refractivity contribution in [2.45, 2.75) is 25.0 Å². The molecule has 0 bridgehead atoms. The van der Waals surface area contributed by atoms with E-state index in [1.165, 1.54) is 0 Å². The van der Waals surface area contributed by atoms with E-state index in [4.69, 9.17) is 5.11 Å². The highest BCUT2D eigenvalue weighted by Gasteiger charge is 2.24. The number of carbonyl (C=O) groups is 2. The molecule has 1 aromatic rings. The Balaban J connectivity index is 1.95. The highest BCUT2D eigenvalue weighted by Crippen LogP contribution is 2.22. The summed E-state index contributed by atoms with van der Waals surface area (Å²) in [4.78, 5) is 25.1. The zero-order valence-electron chi connectivity index (χ0n) is 12.2. The Hall–Kier alpha value is -1.49. The molecule has 21 heavy (non-hydrogen) atoms. The fraction of sp³-hybridized carbons (Fsp3) is 0.500. The second-order valence-electron chi connectivity index (χ2n) is 5.47. The van der Waals surface area contributed by atoms with Crippen molar-refractivity contribution >= 4 is 23.6 Å². The molecule has 0 spiro atoms. The minimum Gasteiger partial charge on any atom is -0.481 e. The fourth-order valence-electron chi connectivity index (χ4n) is 2.73. The molecule has 1 saturated heterocycles. The molecular formula is C16H21NO3S. The summed E-state index contributed by atoms with van der Waals surface area (Å²) in [6, 6.07) is 7.78. The van der Waals surface area contributed by atoms with Gasteiger partial charge in [0.15, 0.2) is 0 Å². The van der Waals surface area contributed by atoms with Gasteiger partial charge in [-0.25, -0.2) is 0 Å². The lowest BCUT2D eigenvalue weighted by atomic mass is 9.93. The van der Waals surface area contributed by atoms with E-state index in [-0.39, 0.29) is 18.2 Å². The number of hydrogen-bond donors (Lipinski definition) is 1. The molecule has 1 amide bonds. The zero-order chi connectivity index (χ0) is 15.2. The summed E-state index contributed by atoms with van der Waals surface area (Å²) in [5.74, 6) is 0.424.